The molecule has 4 nitrogen and oxygen atoms in total. The summed E-state index contributed by atoms with van der Waals surface area (Å²) in [5.74, 6) is 0.0704. The number of rotatable bonds is 5. The molecule has 4 heteroatoms. The van der Waals surface area contributed by atoms with Crippen LogP contribution in [0.2, 0.25) is 0 Å². The highest BCUT2D eigenvalue weighted by Gasteiger charge is 2.32. The zero-order chi connectivity index (χ0) is 16.2. The Labute approximate surface area is 137 Å². The van der Waals surface area contributed by atoms with Gasteiger partial charge in [-0.3, -0.25) is 4.79 Å². The van der Waals surface area contributed by atoms with Crippen LogP contribution in [0.5, 0.6) is 0 Å². The van der Waals surface area contributed by atoms with Crippen LogP contribution in [-0.2, 0) is 4.74 Å². The summed E-state index contributed by atoms with van der Waals surface area (Å²) in [6, 6.07) is 16.0. The molecule has 1 aliphatic rings. The van der Waals surface area contributed by atoms with Gasteiger partial charge in [0.05, 0.1) is 5.56 Å². The fourth-order valence-electron chi connectivity index (χ4n) is 2.91. The molecule has 0 fully saturated rings. The van der Waals surface area contributed by atoms with Crippen molar-refractivity contribution in [2.75, 3.05) is 25.6 Å². The summed E-state index contributed by atoms with van der Waals surface area (Å²) in [5.41, 5.74) is 3.93. The highest BCUT2D eigenvalue weighted by Crippen LogP contribution is 2.33. The van der Waals surface area contributed by atoms with E-state index in [0.717, 1.165) is 23.2 Å². The van der Waals surface area contributed by atoms with Crippen LogP contribution < -0.4 is 5.32 Å². The monoisotopic (exact) mass is 310 g/mol. The molecule has 2 aromatic rings. The normalized spacial score (nSPS) is 16.9. The fourth-order valence-corrected chi connectivity index (χ4v) is 2.91. The predicted octanol–water partition coefficient (Wildman–Crippen LogP) is 3.60. The van der Waals surface area contributed by atoms with Crippen LogP contribution in [0.4, 0.5) is 5.69 Å². The second-order valence-electron chi connectivity index (χ2n) is 5.85. The maximum Gasteiger partial charge on any atom is 0.257 e. The lowest BCUT2D eigenvalue weighted by Crippen LogP contribution is -2.43. The van der Waals surface area contributed by atoms with E-state index in [2.05, 4.69) is 36.5 Å². The molecule has 1 atom stereocenters. The largest absolute Gasteiger partial charge is 0.385 e. The van der Waals surface area contributed by atoms with Gasteiger partial charge in [0, 0.05) is 25.9 Å². The number of benzene rings is 2. The molecule has 0 aromatic heterocycles. The van der Waals surface area contributed by atoms with Crippen LogP contribution in [0.1, 0.15) is 34.1 Å². The summed E-state index contributed by atoms with van der Waals surface area (Å²) in [7, 11) is 1.68. The highest BCUT2D eigenvalue weighted by molar-refractivity contribution is 6.01. The molecule has 1 N–H and O–H groups in total. The molecule has 2 aromatic carbocycles. The Bertz CT molecular complexity index is 682. The summed E-state index contributed by atoms with van der Waals surface area (Å²) in [5, 5.41) is 3.50. The SMILES string of the molecule is COCCCN1C(=O)c2ccccc2NC1c1ccc(C)cc1. The number of methoxy groups -OCH3 is 1. The van der Waals surface area contributed by atoms with Crippen molar-refractivity contribution in [2.24, 2.45) is 0 Å². The molecule has 3 rings (SSSR count). The van der Waals surface area contributed by atoms with Gasteiger partial charge in [0.15, 0.2) is 0 Å². The minimum absolute atomic E-state index is 0.0704. The van der Waals surface area contributed by atoms with Crippen molar-refractivity contribution in [1.82, 2.24) is 4.90 Å². The summed E-state index contributed by atoms with van der Waals surface area (Å²) >= 11 is 0. The predicted molar refractivity (Wildman–Crippen MR) is 91.5 cm³/mol. The molecule has 0 radical (unpaired) electrons. The molecule has 0 bridgehead atoms. The maximum atomic E-state index is 12.9. The van der Waals surface area contributed by atoms with E-state index in [9.17, 15) is 4.79 Å². The Morgan fingerprint density at radius 1 is 1.13 bits per heavy atom. The van der Waals surface area contributed by atoms with Crippen LogP contribution in [0.15, 0.2) is 48.5 Å². The minimum atomic E-state index is -0.144. The first kappa shape index (κ1) is 15.6. The molecule has 0 aliphatic carbocycles. The molecule has 1 amide bonds. The number of amides is 1. The van der Waals surface area contributed by atoms with Crippen molar-refractivity contribution >= 4 is 11.6 Å². The number of carbonyl (C=O) groups excluding carboxylic acids is 1. The number of aryl methyl sites for hydroxylation is 1. The second kappa shape index (κ2) is 6.84. The third kappa shape index (κ3) is 3.22. The number of carbonyl (C=O) groups is 1. The third-order valence-corrected chi connectivity index (χ3v) is 4.16. The van der Waals surface area contributed by atoms with Crippen molar-refractivity contribution in [3.63, 3.8) is 0 Å². The molecule has 120 valence electrons. The number of hydrogen-bond donors (Lipinski definition) is 1. The second-order valence-corrected chi connectivity index (χ2v) is 5.85. The Kier molecular flexibility index (Phi) is 4.63. The number of ether oxygens (including phenoxy) is 1. The lowest BCUT2D eigenvalue weighted by atomic mass is 10.0. The Hall–Kier alpha value is -2.33. The number of nitrogens with zero attached hydrogens (tertiary/aromatic N) is 1. The number of nitrogens with one attached hydrogen (secondary N) is 1. The van der Waals surface area contributed by atoms with E-state index in [1.807, 2.05) is 29.2 Å². The van der Waals surface area contributed by atoms with E-state index in [0.29, 0.717) is 13.2 Å². The van der Waals surface area contributed by atoms with E-state index in [1.54, 1.807) is 7.11 Å². The van der Waals surface area contributed by atoms with E-state index in [-0.39, 0.29) is 12.1 Å². The van der Waals surface area contributed by atoms with Crippen molar-refractivity contribution in [3.05, 3.63) is 65.2 Å². The van der Waals surface area contributed by atoms with Gasteiger partial charge in [-0.2, -0.15) is 0 Å². The van der Waals surface area contributed by atoms with E-state index < -0.39 is 0 Å². The first-order chi connectivity index (χ1) is 11.2. The lowest BCUT2D eigenvalue weighted by Gasteiger charge is -2.38. The van der Waals surface area contributed by atoms with Crippen LogP contribution in [0.3, 0.4) is 0 Å². The topological polar surface area (TPSA) is 41.6 Å². The van der Waals surface area contributed by atoms with Gasteiger partial charge >= 0.3 is 0 Å². The van der Waals surface area contributed by atoms with Gasteiger partial charge in [-0.25, -0.2) is 0 Å². The zero-order valence-electron chi connectivity index (χ0n) is 13.6. The average Bonchev–Trinajstić information content (AvgIpc) is 2.58. The van der Waals surface area contributed by atoms with E-state index in [4.69, 9.17) is 4.74 Å². The first-order valence-electron chi connectivity index (χ1n) is 7.93. The average molecular weight is 310 g/mol. The first-order valence-corrected chi connectivity index (χ1v) is 7.93. The summed E-state index contributed by atoms with van der Waals surface area (Å²) in [4.78, 5) is 14.8. The molecular formula is C19H22N2O2. The van der Waals surface area contributed by atoms with Crippen molar-refractivity contribution in [2.45, 2.75) is 19.5 Å². The van der Waals surface area contributed by atoms with Gasteiger partial charge in [0.25, 0.3) is 5.91 Å². The van der Waals surface area contributed by atoms with Gasteiger partial charge in [-0.15, -0.1) is 0 Å². The Balaban J connectivity index is 1.94. The molecule has 1 heterocycles. The molecule has 1 aliphatic heterocycles. The van der Waals surface area contributed by atoms with Gasteiger partial charge in [0.1, 0.15) is 6.17 Å². The zero-order valence-corrected chi connectivity index (χ0v) is 13.6. The van der Waals surface area contributed by atoms with Crippen LogP contribution >= 0.6 is 0 Å². The molecule has 0 spiro atoms. The molecular weight excluding hydrogens is 288 g/mol. The van der Waals surface area contributed by atoms with Crippen LogP contribution in [0.25, 0.3) is 0 Å². The molecule has 23 heavy (non-hydrogen) atoms. The highest BCUT2D eigenvalue weighted by atomic mass is 16.5. The standard InChI is InChI=1S/C19H22N2O2/c1-14-8-10-15(11-9-14)18-20-17-7-4-3-6-16(17)19(22)21(18)12-5-13-23-2/h3-4,6-11,18,20H,5,12-13H2,1-2H3. The molecule has 0 saturated carbocycles. The summed E-state index contributed by atoms with van der Waals surface area (Å²) in [6.45, 7) is 3.37. The number of hydrogen-bond acceptors (Lipinski definition) is 3. The van der Waals surface area contributed by atoms with Crippen LogP contribution in [-0.4, -0.2) is 31.1 Å². The number of fused-ring (bicyclic) bond motifs is 1. The van der Waals surface area contributed by atoms with Gasteiger partial charge in [-0.1, -0.05) is 42.0 Å². The fraction of sp³-hybridized carbons (Fsp3) is 0.316. The van der Waals surface area contributed by atoms with Crippen LogP contribution in [0, 0.1) is 6.92 Å². The van der Waals surface area contributed by atoms with Crippen molar-refractivity contribution < 1.29 is 9.53 Å². The maximum absolute atomic E-state index is 12.9. The van der Waals surface area contributed by atoms with E-state index in [1.165, 1.54) is 5.56 Å². The van der Waals surface area contributed by atoms with Gasteiger partial charge in [-0.05, 0) is 31.0 Å². The quantitative estimate of drug-likeness (QED) is 0.858. The number of para-hydroxylation sites is 1. The molecule has 0 saturated heterocycles. The van der Waals surface area contributed by atoms with Crippen molar-refractivity contribution in [1.29, 1.82) is 0 Å². The Morgan fingerprint density at radius 3 is 2.61 bits per heavy atom. The smallest absolute Gasteiger partial charge is 0.257 e. The molecule has 1 unspecified atom stereocenters. The lowest BCUT2D eigenvalue weighted by molar-refractivity contribution is 0.0660. The minimum Gasteiger partial charge on any atom is -0.385 e. The third-order valence-electron chi connectivity index (χ3n) is 4.16. The van der Waals surface area contributed by atoms with Crippen molar-refractivity contribution in [3.8, 4) is 0 Å². The van der Waals surface area contributed by atoms with Gasteiger partial charge < -0.3 is 15.0 Å². The van der Waals surface area contributed by atoms with E-state index >= 15 is 0 Å². The number of anilines is 1. The summed E-state index contributed by atoms with van der Waals surface area (Å²) in [6.07, 6.45) is 0.670. The van der Waals surface area contributed by atoms with Gasteiger partial charge in [0.2, 0.25) is 0 Å². The Morgan fingerprint density at radius 2 is 1.87 bits per heavy atom. The summed E-state index contributed by atoms with van der Waals surface area (Å²) < 4.78 is 5.14.